The van der Waals surface area contributed by atoms with E-state index in [9.17, 15) is 4.79 Å². The molecular weight excluding hydrogens is 476 g/mol. The number of amides is 2. The quantitative estimate of drug-likeness (QED) is 0.393. The van der Waals surface area contributed by atoms with E-state index in [1.807, 2.05) is 70.1 Å². The Bertz CT molecular complexity index is 1640. The van der Waals surface area contributed by atoms with E-state index in [-0.39, 0.29) is 18.1 Å². The van der Waals surface area contributed by atoms with Crippen LogP contribution in [0.1, 0.15) is 6.92 Å². The van der Waals surface area contributed by atoms with Crippen molar-refractivity contribution in [2.24, 2.45) is 0 Å². The van der Waals surface area contributed by atoms with Crippen LogP contribution >= 0.6 is 0 Å². The standard InChI is InChI=1S/C29H28N8O/c1-20-26-17-34(29(38)32-23-11-6-8-21-7-2-3-9-22(21)23)15-16-35(26)19-37(20)28-30-14-13-27(33-28)36-18-31-24-10-4-5-12-25(24)36/h2-14,18,20,26H,15-17,19H2,1H3,(H,32,38). The number of anilines is 2. The molecule has 3 aromatic carbocycles. The molecule has 2 saturated heterocycles. The van der Waals surface area contributed by atoms with Crippen molar-refractivity contribution >= 4 is 39.5 Å². The van der Waals surface area contributed by atoms with E-state index in [2.05, 4.69) is 44.1 Å². The number of benzene rings is 3. The summed E-state index contributed by atoms with van der Waals surface area (Å²) in [5.41, 5.74) is 2.78. The summed E-state index contributed by atoms with van der Waals surface area (Å²) in [5, 5.41) is 5.31. The molecule has 4 heterocycles. The van der Waals surface area contributed by atoms with Crippen molar-refractivity contribution in [2.45, 2.75) is 19.0 Å². The van der Waals surface area contributed by atoms with Gasteiger partial charge in [-0.3, -0.25) is 9.47 Å². The molecule has 2 fully saturated rings. The van der Waals surface area contributed by atoms with Crippen molar-refractivity contribution < 1.29 is 4.79 Å². The first-order valence-electron chi connectivity index (χ1n) is 13.0. The van der Waals surface area contributed by atoms with E-state index in [4.69, 9.17) is 4.98 Å². The molecule has 2 atom stereocenters. The summed E-state index contributed by atoms with van der Waals surface area (Å²) in [7, 11) is 0. The molecule has 5 aromatic rings. The van der Waals surface area contributed by atoms with Crippen molar-refractivity contribution in [2.75, 3.05) is 36.5 Å². The van der Waals surface area contributed by atoms with E-state index in [0.717, 1.165) is 46.5 Å². The molecule has 38 heavy (non-hydrogen) atoms. The van der Waals surface area contributed by atoms with E-state index in [1.165, 1.54) is 0 Å². The average Bonchev–Trinajstić information content (AvgIpc) is 3.54. The third-order valence-electron chi connectivity index (χ3n) is 7.82. The second-order valence-corrected chi connectivity index (χ2v) is 9.95. The number of fused-ring (bicyclic) bond motifs is 3. The Morgan fingerprint density at radius 3 is 2.74 bits per heavy atom. The predicted molar refractivity (Wildman–Crippen MR) is 149 cm³/mol. The highest BCUT2D eigenvalue weighted by atomic mass is 16.2. The van der Waals surface area contributed by atoms with Crippen LogP contribution in [-0.2, 0) is 0 Å². The number of hydrogen-bond donors (Lipinski definition) is 1. The summed E-state index contributed by atoms with van der Waals surface area (Å²) < 4.78 is 1.99. The number of aromatic nitrogens is 4. The van der Waals surface area contributed by atoms with Crippen LogP contribution in [0.2, 0.25) is 0 Å². The molecule has 0 saturated carbocycles. The maximum atomic E-state index is 13.3. The third-order valence-corrected chi connectivity index (χ3v) is 7.82. The van der Waals surface area contributed by atoms with Crippen LogP contribution in [0.4, 0.5) is 16.4 Å². The Morgan fingerprint density at radius 1 is 0.947 bits per heavy atom. The Hall–Kier alpha value is -4.50. The molecule has 190 valence electrons. The summed E-state index contributed by atoms with van der Waals surface area (Å²) in [6.07, 6.45) is 3.61. The van der Waals surface area contributed by atoms with Gasteiger partial charge in [-0.2, -0.15) is 4.98 Å². The van der Waals surface area contributed by atoms with Gasteiger partial charge in [0.1, 0.15) is 12.1 Å². The lowest BCUT2D eigenvalue weighted by atomic mass is 10.1. The zero-order valence-corrected chi connectivity index (χ0v) is 21.1. The molecule has 9 nitrogen and oxygen atoms in total. The summed E-state index contributed by atoms with van der Waals surface area (Å²) in [6, 6.07) is 24.3. The first-order valence-corrected chi connectivity index (χ1v) is 13.0. The molecular formula is C29H28N8O. The van der Waals surface area contributed by atoms with Crippen LogP contribution in [0.5, 0.6) is 0 Å². The first kappa shape index (κ1) is 22.7. The van der Waals surface area contributed by atoms with Crippen molar-refractivity contribution in [3.05, 3.63) is 85.3 Å². The van der Waals surface area contributed by atoms with Crippen LogP contribution in [0, 0.1) is 0 Å². The summed E-state index contributed by atoms with van der Waals surface area (Å²) in [4.78, 5) is 33.9. The smallest absolute Gasteiger partial charge is 0.321 e. The highest BCUT2D eigenvalue weighted by Crippen LogP contribution is 2.29. The fourth-order valence-corrected chi connectivity index (χ4v) is 5.72. The van der Waals surface area contributed by atoms with Crippen molar-refractivity contribution in [1.82, 2.24) is 29.3 Å². The second kappa shape index (κ2) is 9.11. The lowest BCUT2D eigenvalue weighted by molar-refractivity contribution is 0.120. The maximum absolute atomic E-state index is 13.3. The number of nitrogens with zero attached hydrogens (tertiary/aromatic N) is 7. The largest absolute Gasteiger partial charge is 0.323 e. The maximum Gasteiger partial charge on any atom is 0.321 e. The molecule has 0 aliphatic carbocycles. The molecule has 0 spiro atoms. The molecule has 0 radical (unpaired) electrons. The van der Waals surface area contributed by atoms with Gasteiger partial charge in [0, 0.05) is 43.3 Å². The Balaban J connectivity index is 1.09. The Morgan fingerprint density at radius 2 is 1.79 bits per heavy atom. The summed E-state index contributed by atoms with van der Waals surface area (Å²) in [5.74, 6) is 1.48. The van der Waals surface area contributed by atoms with Gasteiger partial charge in [0.25, 0.3) is 0 Å². The van der Waals surface area contributed by atoms with Crippen molar-refractivity contribution in [3.8, 4) is 5.82 Å². The number of carbonyl (C=O) groups is 1. The van der Waals surface area contributed by atoms with Gasteiger partial charge >= 0.3 is 6.03 Å². The van der Waals surface area contributed by atoms with Gasteiger partial charge in [-0.1, -0.05) is 48.5 Å². The third kappa shape index (κ3) is 3.83. The highest BCUT2D eigenvalue weighted by molar-refractivity contribution is 6.01. The molecule has 0 bridgehead atoms. The molecule has 2 aromatic heterocycles. The van der Waals surface area contributed by atoms with Gasteiger partial charge in [0.2, 0.25) is 5.95 Å². The zero-order chi connectivity index (χ0) is 25.6. The van der Waals surface area contributed by atoms with Crippen LogP contribution in [-0.4, -0.2) is 73.7 Å². The molecule has 7 rings (SSSR count). The number of urea groups is 1. The number of rotatable bonds is 3. The Labute approximate surface area is 220 Å². The average molecular weight is 505 g/mol. The normalized spacial score (nSPS) is 19.7. The van der Waals surface area contributed by atoms with Crippen LogP contribution < -0.4 is 10.2 Å². The van der Waals surface area contributed by atoms with E-state index >= 15 is 0 Å². The van der Waals surface area contributed by atoms with Crippen LogP contribution in [0.25, 0.3) is 27.6 Å². The van der Waals surface area contributed by atoms with Gasteiger partial charge in [-0.15, -0.1) is 0 Å². The number of piperazine rings is 1. The van der Waals surface area contributed by atoms with Crippen molar-refractivity contribution in [1.29, 1.82) is 0 Å². The molecule has 9 heteroatoms. The number of nitrogens with one attached hydrogen (secondary N) is 1. The van der Waals surface area contributed by atoms with Gasteiger partial charge in [-0.05, 0) is 36.6 Å². The number of carbonyl (C=O) groups excluding carboxylic acids is 1. The van der Waals surface area contributed by atoms with Gasteiger partial charge in [0.15, 0.2) is 0 Å². The minimum atomic E-state index is -0.0584. The lowest BCUT2D eigenvalue weighted by Gasteiger charge is -2.37. The SMILES string of the molecule is CC1C2CN(C(=O)Nc3cccc4ccccc34)CCN2CN1c1nccc(-n2cnc3ccccc32)n1. The van der Waals surface area contributed by atoms with Crippen LogP contribution in [0.15, 0.2) is 85.3 Å². The van der Waals surface area contributed by atoms with Gasteiger partial charge in [0.05, 0.1) is 23.4 Å². The lowest BCUT2D eigenvalue weighted by Crippen LogP contribution is -2.55. The number of para-hydroxylation sites is 2. The predicted octanol–water partition coefficient (Wildman–Crippen LogP) is 4.35. The second-order valence-electron chi connectivity index (χ2n) is 9.95. The van der Waals surface area contributed by atoms with E-state index in [1.54, 1.807) is 12.5 Å². The molecule has 2 aliphatic rings. The van der Waals surface area contributed by atoms with E-state index in [0.29, 0.717) is 19.0 Å². The number of hydrogen-bond acceptors (Lipinski definition) is 6. The first-order chi connectivity index (χ1) is 18.7. The highest BCUT2D eigenvalue weighted by Gasteiger charge is 2.42. The zero-order valence-electron chi connectivity index (χ0n) is 21.1. The molecule has 1 N–H and O–H groups in total. The van der Waals surface area contributed by atoms with Crippen LogP contribution in [0.3, 0.4) is 0 Å². The fraction of sp³-hybridized carbons (Fsp3) is 0.241. The van der Waals surface area contributed by atoms with Gasteiger partial charge < -0.3 is 15.1 Å². The molecule has 2 unspecified atom stereocenters. The fourth-order valence-electron chi connectivity index (χ4n) is 5.72. The topological polar surface area (TPSA) is 82.4 Å². The summed E-state index contributed by atoms with van der Waals surface area (Å²) >= 11 is 0. The van der Waals surface area contributed by atoms with Crippen molar-refractivity contribution in [3.63, 3.8) is 0 Å². The molecule has 2 amide bonds. The number of imidazole rings is 1. The van der Waals surface area contributed by atoms with Gasteiger partial charge in [-0.25, -0.2) is 14.8 Å². The minimum Gasteiger partial charge on any atom is -0.323 e. The van der Waals surface area contributed by atoms with E-state index < -0.39 is 0 Å². The molecule has 2 aliphatic heterocycles. The minimum absolute atomic E-state index is 0.0584. The summed E-state index contributed by atoms with van der Waals surface area (Å²) in [6.45, 7) is 5.06. The Kier molecular flexibility index (Phi) is 5.44. The monoisotopic (exact) mass is 504 g/mol.